The van der Waals surface area contributed by atoms with Gasteiger partial charge in [-0.2, -0.15) is 0 Å². The van der Waals surface area contributed by atoms with Crippen molar-refractivity contribution in [2.75, 3.05) is 19.8 Å². The van der Waals surface area contributed by atoms with Crippen LogP contribution < -0.4 is 5.32 Å². The van der Waals surface area contributed by atoms with E-state index in [-0.39, 0.29) is 0 Å². The van der Waals surface area contributed by atoms with Crippen molar-refractivity contribution in [2.45, 2.75) is 38.6 Å². The second-order valence-corrected chi connectivity index (χ2v) is 6.18. The number of rotatable bonds is 9. The molecular weight excluding hydrogens is 302 g/mol. The maximum atomic E-state index is 5.51. The highest BCUT2D eigenvalue weighted by atomic mass is 79.9. The summed E-state index contributed by atoms with van der Waals surface area (Å²) in [5, 5.41) is 3.65. The fourth-order valence-corrected chi connectivity index (χ4v) is 2.71. The van der Waals surface area contributed by atoms with E-state index in [0.717, 1.165) is 38.6 Å². The Morgan fingerprint density at radius 1 is 1.37 bits per heavy atom. The van der Waals surface area contributed by atoms with E-state index in [1.165, 1.54) is 22.9 Å². The van der Waals surface area contributed by atoms with Crippen LogP contribution in [0.4, 0.5) is 0 Å². The number of hydrogen-bond acceptors (Lipinski definition) is 2. The van der Waals surface area contributed by atoms with E-state index in [1.807, 2.05) is 0 Å². The van der Waals surface area contributed by atoms with E-state index in [9.17, 15) is 0 Å². The molecule has 1 unspecified atom stereocenters. The third-order valence-electron chi connectivity index (χ3n) is 3.61. The molecule has 0 heterocycles. The summed E-state index contributed by atoms with van der Waals surface area (Å²) >= 11 is 3.65. The molecular formula is C16H24BrNO. The summed E-state index contributed by atoms with van der Waals surface area (Å²) in [7, 11) is 0. The second-order valence-electron chi connectivity index (χ2n) is 5.33. The van der Waals surface area contributed by atoms with Gasteiger partial charge in [-0.3, -0.25) is 0 Å². The van der Waals surface area contributed by atoms with Crippen molar-refractivity contribution in [1.29, 1.82) is 0 Å². The Labute approximate surface area is 125 Å². The third-order valence-corrected chi connectivity index (χ3v) is 4.39. The molecule has 1 aliphatic carbocycles. The van der Waals surface area contributed by atoms with Crippen LogP contribution in [0.25, 0.3) is 0 Å². The van der Waals surface area contributed by atoms with Crippen LogP contribution in [0.2, 0.25) is 0 Å². The number of ether oxygens (including phenoxy) is 1. The van der Waals surface area contributed by atoms with Crippen LogP contribution in [0.5, 0.6) is 0 Å². The highest BCUT2D eigenvalue weighted by molar-refractivity contribution is 9.10. The summed E-state index contributed by atoms with van der Waals surface area (Å²) in [6.07, 6.45) is 4.96. The van der Waals surface area contributed by atoms with Gasteiger partial charge >= 0.3 is 0 Å². The van der Waals surface area contributed by atoms with Crippen LogP contribution in [0.15, 0.2) is 28.7 Å². The van der Waals surface area contributed by atoms with Crippen molar-refractivity contribution in [1.82, 2.24) is 5.32 Å². The Kier molecular flexibility index (Phi) is 6.35. The largest absolute Gasteiger partial charge is 0.382 e. The molecule has 0 saturated heterocycles. The molecule has 0 aromatic heterocycles. The molecule has 1 fully saturated rings. The van der Waals surface area contributed by atoms with Crippen molar-refractivity contribution in [2.24, 2.45) is 5.92 Å². The van der Waals surface area contributed by atoms with E-state index >= 15 is 0 Å². The lowest BCUT2D eigenvalue weighted by atomic mass is 9.96. The topological polar surface area (TPSA) is 21.3 Å². The van der Waals surface area contributed by atoms with Crippen molar-refractivity contribution >= 4 is 15.9 Å². The Morgan fingerprint density at radius 3 is 2.84 bits per heavy atom. The zero-order valence-electron chi connectivity index (χ0n) is 11.7. The van der Waals surface area contributed by atoms with Gasteiger partial charge in [-0.05, 0) is 56.7 Å². The summed E-state index contributed by atoms with van der Waals surface area (Å²) in [5.41, 5.74) is 1.40. The van der Waals surface area contributed by atoms with E-state index in [0.29, 0.717) is 5.92 Å². The van der Waals surface area contributed by atoms with Crippen LogP contribution in [-0.4, -0.2) is 25.8 Å². The molecule has 0 bridgehead atoms. The fourth-order valence-electron chi connectivity index (χ4n) is 2.27. The summed E-state index contributed by atoms with van der Waals surface area (Å²) in [5.74, 6) is 0.658. The standard InChI is InChI=1S/C16H24BrNO/c1-2-19-10-9-13(12-18-15-7-8-15)11-14-5-3-4-6-16(14)17/h3-6,13,15,18H,2,7-12H2,1H3. The molecule has 1 aromatic carbocycles. The van der Waals surface area contributed by atoms with Gasteiger partial charge in [0.1, 0.15) is 0 Å². The van der Waals surface area contributed by atoms with Gasteiger partial charge < -0.3 is 10.1 Å². The van der Waals surface area contributed by atoms with E-state index < -0.39 is 0 Å². The van der Waals surface area contributed by atoms with Crippen molar-refractivity contribution in [3.63, 3.8) is 0 Å². The summed E-state index contributed by atoms with van der Waals surface area (Å²) < 4.78 is 6.74. The van der Waals surface area contributed by atoms with Gasteiger partial charge in [0.25, 0.3) is 0 Å². The monoisotopic (exact) mass is 325 g/mol. The lowest BCUT2D eigenvalue weighted by Gasteiger charge is -2.18. The first kappa shape index (κ1) is 15.0. The van der Waals surface area contributed by atoms with Gasteiger partial charge in [0, 0.05) is 23.7 Å². The van der Waals surface area contributed by atoms with Gasteiger partial charge in [0.05, 0.1) is 0 Å². The average Bonchev–Trinajstić information content (AvgIpc) is 3.22. The van der Waals surface area contributed by atoms with Gasteiger partial charge in [0.2, 0.25) is 0 Å². The molecule has 0 spiro atoms. The van der Waals surface area contributed by atoms with Crippen LogP contribution in [-0.2, 0) is 11.2 Å². The van der Waals surface area contributed by atoms with Crippen molar-refractivity contribution < 1.29 is 4.74 Å². The first-order valence-electron chi connectivity index (χ1n) is 7.34. The molecule has 19 heavy (non-hydrogen) atoms. The number of halogens is 1. The average molecular weight is 326 g/mol. The Balaban J connectivity index is 1.85. The zero-order chi connectivity index (χ0) is 13.5. The normalized spacial score (nSPS) is 16.5. The predicted molar refractivity (Wildman–Crippen MR) is 83.5 cm³/mol. The highest BCUT2D eigenvalue weighted by Crippen LogP contribution is 2.23. The summed E-state index contributed by atoms with van der Waals surface area (Å²) in [6.45, 7) is 4.86. The first-order valence-corrected chi connectivity index (χ1v) is 8.13. The molecule has 1 aromatic rings. The highest BCUT2D eigenvalue weighted by Gasteiger charge is 2.22. The quantitative estimate of drug-likeness (QED) is 0.697. The number of hydrogen-bond donors (Lipinski definition) is 1. The van der Waals surface area contributed by atoms with Gasteiger partial charge in [-0.25, -0.2) is 0 Å². The van der Waals surface area contributed by atoms with Crippen molar-refractivity contribution in [3.8, 4) is 0 Å². The minimum Gasteiger partial charge on any atom is -0.382 e. The molecule has 0 aliphatic heterocycles. The Hall–Kier alpha value is -0.380. The van der Waals surface area contributed by atoms with Crippen LogP contribution in [0, 0.1) is 5.92 Å². The second kappa shape index (κ2) is 8.03. The summed E-state index contributed by atoms with van der Waals surface area (Å²) in [6, 6.07) is 9.33. The molecule has 1 saturated carbocycles. The van der Waals surface area contributed by atoms with E-state index in [2.05, 4.69) is 52.4 Å². The minimum absolute atomic E-state index is 0.658. The molecule has 0 amide bonds. The van der Waals surface area contributed by atoms with Crippen molar-refractivity contribution in [3.05, 3.63) is 34.3 Å². The molecule has 3 heteroatoms. The molecule has 106 valence electrons. The smallest absolute Gasteiger partial charge is 0.0469 e. The molecule has 0 radical (unpaired) electrons. The lowest BCUT2D eigenvalue weighted by molar-refractivity contribution is 0.131. The lowest BCUT2D eigenvalue weighted by Crippen LogP contribution is -2.27. The summed E-state index contributed by atoms with van der Waals surface area (Å²) in [4.78, 5) is 0. The van der Waals surface area contributed by atoms with Crippen LogP contribution in [0.1, 0.15) is 31.7 Å². The van der Waals surface area contributed by atoms with Gasteiger partial charge in [-0.15, -0.1) is 0 Å². The van der Waals surface area contributed by atoms with E-state index in [1.54, 1.807) is 0 Å². The Morgan fingerprint density at radius 2 is 2.16 bits per heavy atom. The maximum Gasteiger partial charge on any atom is 0.0469 e. The van der Waals surface area contributed by atoms with E-state index in [4.69, 9.17) is 4.74 Å². The third kappa shape index (κ3) is 5.64. The predicted octanol–water partition coefficient (Wildman–Crippen LogP) is 3.79. The molecule has 2 rings (SSSR count). The fraction of sp³-hybridized carbons (Fsp3) is 0.625. The molecule has 1 aliphatic rings. The minimum atomic E-state index is 0.658. The molecule has 2 nitrogen and oxygen atoms in total. The number of benzene rings is 1. The zero-order valence-corrected chi connectivity index (χ0v) is 13.3. The molecule has 1 N–H and O–H groups in total. The molecule has 1 atom stereocenters. The van der Waals surface area contributed by atoms with Gasteiger partial charge in [-0.1, -0.05) is 34.1 Å². The van der Waals surface area contributed by atoms with Crippen LogP contribution >= 0.6 is 15.9 Å². The first-order chi connectivity index (χ1) is 9.29. The SMILES string of the molecule is CCOCCC(CNC1CC1)Cc1ccccc1Br. The maximum absolute atomic E-state index is 5.51. The number of nitrogens with one attached hydrogen (secondary N) is 1. The van der Waals surface area contributed by atoms with Crippen LogP contribution in [0.3, 0.4) is 0 Å². The Bertz CT molecular complexity index is 379. The van der Waals surface area contributed by atoms with Gasteiger partial charge in [0.15, 0.2) is 0 Å².